The Bertz CT molecular complexity index is 765. The van der Waals surface area contributed by atoms with Gasteiger partial charge in [-0.2, -0.15) is 0 Å². The molecule has 0 fully saturated rings. The van der Waals surface area contributed by atoms with Gasteiger partial charge in [0.1, 0.15) is 5.82 Å². The lowest BCUT2D eigenvalue weighted by atomic mass is 10.0. The van der Waals surface area contributed by atoms with E-state index in [1.54, 1.807) is 19.9 Å². The molecule has 0 aliphatic heterocycles. The molecule has 2 amide bonds. The molecule has 1 aromatic heterocycles. The third kappa shape index (κ3) is 5.07. The first kappa shape index (κ1) is 18.5. The average molecular weight is 347 g/mol. The molecule has 1 aromatic carbocycles. The molecule has 0 bridgehead atoms. The Hall–Kier alpha value is -2.83. The van der Waals surface area contributed by atoms with Crippen LogP contribution in [0.3, 0.4) is 0 Å². The Morgan fingerprint density at radius 1 is 1.16 bits per heavy atom. The summed E-state index contributed by atoms with van der Waals surface area (Å²) in [4.78, 5) is 27.7. The van der Waals surface area contributed by atoms with Crippen molar-refractivity contribution in [1.29, 1.82) is 0 Å². The fourth-order valence-electron chi connectivity index (χ4n) is 2.20. The highest BCUT2D eigenvalue weighted by atomic mass is 19.3. The molecule has 7 heteroatoms. The van der Waals surface area contributed by atoms with Crippen molar-refractivity contribution < 1.29 is 18.4 Å². The van der Waals surface area contributed by atoms with E-state index < -0.39 is 12.5 Å². The third-order valence-electron chi connectivity index (χ3n) is 3.62. The van der Waals surface area contributed by atoms with Crippen molar-refractivity contribution >= 4 is 17.6 Å². The maximum atomic E-state index is 12.8. The molecule has 2 rings (SSSR count). The van der Waals surface area contributed by atoms with Gasteiger partial charge < -0.3 is 10.6 Å². The first-order valence-electron chi connectivity index (χ1n) is 7.85. The summed E-state index contributed by atoms with van der Waals surface area (Å²) in [5.74, 6) is -0.307. The molecular weight excluding hydrogens is 328 g/mol. The smallest absolute Gasteiger partial charge is 0.263 e. The van der Waals surface area contributed by atoms with Crippen LogP contribution in [0.15, 0.2) is 42.6 Å². The summed E-state index contributed by atoms with van der Waals surface area (Å²) in [6.07, 6.45) is -0.842. The van der Waals surface area contributed by atoms with E-state index in [0.29, 0.717) is 17.5 Å². The minimum atomic E-state index is -2.56. The second-order valence-corrected chi connectivity index (χ2v) is 5.50. The van der Waals surface area contributed by atoms with Crippen LogP contribution in [0, 0.1) is 0 Å². The number of nitrogens with one attached hydrogen (secondary N) is 2. The van der Waals surface area contributed by atoms with Gasteiger partial charge in [-0.3, -0.25) is 9.59 Å². The largest absolute Gasteiger partial charge is 0.346 e. The highest BCUT2D eigenvalue weighted by molar-refractivity contribution is 5.96. The Morgan fingerprint density at radius 2 is 1.88 bits per heavy atom. The van der Waals surface area contributed by atoms with E-state index in [9.17, 15) is 18.4 Å². The number of amides is 2. The van der Waals surface area contributed by atoms with E-state index in [1.165, 1.54) is 36.5 Å². The van der Waals surface area contributed by atoms with E-state index >= 15 is 0 Å². The molecule has 1 unspecified atom stereocenters. The standard InChI is InChI=1S/C18H19F2N3O2/c1-3-16(24)23-15-10-14(7-8-21-15)18(25)22-11(2)12-5-4-6-13(9-12)17(19)20/h4-11,17H,3H2,1-2H3,(H,22,25)(H,21,23,24). The maximum Gasteiger partial charge on any atom is 0.263 e. The fourth-order valence-corrected chi connectivity index (χ4v) is 2.20. The van der Waals surface area contributed by atoms with Crippen molar-refractivity contribution in [3.8, 4) is 0 Å². The Kier molecular flexibility index (Phi) is 6.16. The van der Waals surface area contributed by atoms with Gasteiger partial charge in [0.15, 0.2) is 0 Å². The Labute approximate surface area is 144 Å². The van der Waals surface area contributed by atoms with Crippen LogP contribution in [0.25, 0.3) is 0 Å². The van der Waals surface area contributed by atoms with Gasteiger partial charge in [-0.25, -0.2) is 13.8 Å². The normalized spacial score (nSPS) is 11.9. The van der Waals surface area contributed by atoms with Crippen molar-refractivity contribution in [1.82, 2.24) is 10.3 Å². The first-order chi connectivity index (χ1) is 11.9. The van der Waals surface area contributed by atoms with Gasteiger partial charge in [-0.05, 0) is 30.7 Å². The summed E-state index contributed by atoms with van der Waals surface area (Å²) >= 11 is 0. The van der Waals surface area contributed by atoms with E-state index in [4.69, 9.17) is 0 Å². The van der Waals surface area contributed by atoms with Crippen molar-refractivity contribution in [2.24, 2.45) is 0 Å². The molecule has 1 heterocycles. The number of halogens is 2. The predicted octanol–water partition coefficient (Wildman–Crippen LogP) is 3.86. The topological polar surface area (TPSA) is 71.1 Å². The molecule has 0 aliphatic rings. The van der Waals surface area contributed by atoms with E-state index in [2.05, 4.69) is 15.6 Å². The highest BCUT2D eigenvalue weighted by Crippen LogP contribution is 2.22. The summed E-state index contributed by atoms with van der Waals surface area (Å²) in [5.41, 5.74) is 0.810. The maximum absolute atomic E-state index is 12.8. The van der Waals surface area contributed by atoms with E-state index in [1.807, 2.05) is 0 Å². The lowest BCUT2D eigenvalue weighted by molar-refractivity contribution is -0.115. The van der Waals surface area contributed by atoms with Gasteiger partial charge in [-0.15, -0.1) is 0 Å². The number of carbonyl (C=O) groups excluding carboxylic acids is 2. The van der Waals surface area contributed by atoms with Gasteiger partial charge in [-0.1, -0.05) is 25.1 Å². The molecular formula is C18H19F2N3O2. The van der Waals surface area contributed by atoms with Gasteiger partial charge in [0, 0.05) is 23.7 Å². The van der Waals surface area contributed by atoms with Crippen LogP contribution < -0.4 is 10.6 Å². The van der Waals surface area contributed by atoms with Gasteiger partial charge >= 0.3 is 0 Å². The second-order valence-electron chi connectivity index (χ2n) is 5.50. The molecule has 0 radical (unpaired) electrons. The van der Waals surface area contributed by atoms with Crippen molar-refractivity contribution in [3.05, 3.63) is 59.3 Å². The summed E-state index contributed by atoms with van der Waals surface area (Å²) in [5, 5.41) is 5.33. The Balaban J connectivity index is 2.10. The molecule has 2 N–H and O–H groups in total. The number of rotatable bonds is 6. The van der Waals surface area contributed by atoms with Crippen molar-refractivity contribution in [2.75, 3.05) is 5.32 Å². The van der Waals surface area contributed by atoms with Crippen LogP contribution in [-0.2, 0) is 4.79 Å². The first-order valence-corrected chi connectivity index (χ1v) is 7.85. The number of alkyl halides is 2. The van der Waals surface area contributed by atoms with E-state index in [0.717, 1.165) is 0 Å². The zero-order chi connectivity index (χ0) is 18.4. The third-order valence-corrected chi connectivity index (χ3v) is 3.62. The van der Waals surface area contributed by atoms with Gasteiger partial charge in [0.05, 0.1) is 6.04 Å². The predicted molar refractivity (Wildman–Crippen MR) is 90.4 cm³/mol. The highest BCUT2D eigenvalue weighted by Gasteiger charge is 2.15. The summed E-state index contributed by atoms with van der Waals surface area (Å²) < 4.78 is 25.6. The lowest BCUT2D eigenvalue weighted by Crippen LogP contribution is -2.27. The number of anilines is 1. The van der Waals surface area contributed by atoms with Gasteiger partial charge in [0.2, 0.25) is 5.91 Å². The zero-order valence-corrected chi connectivity index (χ0v) is 13.9. The van der Waals surface area contributed by atoms with Crippen LogP contribution in [0.2, 0.25) is 0 Å². The second kappa shape index (κ2) is 8.32. The SMILES string of the molecule is CCC(=O)Nc1cc(C(=O)NC(C)c2cccc(C(F)F)c2)ccn1. The summed E-state index contributed by atoms with van der Waals surface area (Å²) in [7, 11) is 0. The van der Waals surface area contributed by atoms with Gasteiger partial charge in [0.25, 0.3) is 12.3 Å². The number of pyridine rings is 1. The molecule has 5 nitrogen and oxygen atoms in total. The number of nitrogens with zero attached hydrogens (tertiary/aromatic N) is 1. The quantitative estimate of drug-likeness (QED) is 0.833. The lowest BCUT2D eigenvalue weighted by Gasteiger charge is -2.15. The molecule has 2 aromatic rings. The molecule has 0 spiro atoms. The Morgan fingerprint density at radius 3 is 2.56 bits per heavy atom. The minimum absolute atomic E-state index is 0.0907. The molecule has 0 saturated heterocycles. The molecule has 0 aliphatic carbocycles. The number of benzene rings is 1. The van der Waals surface area contributed by atoms with Crippen molar-refractivity contribution in [2.45, 2.75) is 32.7 Å². The number of hydrogen-bond donors (Lipinski definition) is 2. The van der Waals surface area contributed by atoms with Crippen LogP contribution in [0.1, 0.15) is 54.2 Å². The van der Waals surface area contributed by atoms with Crippen molar-refractivity contribution in [3.63, 3.8) is 0 Å². The molecule has 25 heavy (non-hydrogen) atoms. The summed E-state index contributed by atoms with van der Waals surface area (Å²) in [6, 6.07) is 8.45. The van der Waals surface area contributed by atoms with Crippen LogP contribution in [0.4, 0.5) is 14.6 Å². The number of aromatic nitrogens is 1. The monoisotopic (exact) mass is 347 g/mol. The molecule has 0 saturated carbocycles. The van der Waals surface area contributed by atoms with Crippen LogP contribution in [0.5, 0.6) is 0 Å². The number of carbonyl (C=O) groups is 2. The molecule has 1 atom stereocenters. The minimum Gasteiger partial charge on any atom is -0.346 e. The summed E-state index contributed by atoms with van der Waals surface area (Å²) in [6.45, 7) is 3.42. The fraction of sp³-hybridized carbons (Fsp3) is 0.278. The van der Waals surface area contributed by atoms with E-state index in [-0.39, 0.29) is 23.2 Å². The van der Waals surface area contributed by atoms with Crippen LogP contribution in [-0.4, -0.2) is 16.8 Å². The average Bonchev–Trinajstić information content (AvgIpc) is 2.61. The van der Waals surface area contributed by atoms with Crippen LogP contribution >= 0.6 is 0 Å². The zero-order valence-electron chi connectivity index (χ0n) is 13.9. The molecule has 132 valence electrons. The number of hydrogen-bond acceptors (Lipinski definition) is 3.